The first-order chi connectivity index (χ1) is 10.9. The fraction of sp³-hybridized carbons (Fsp3) is 0.529. The Bertz CT molecular complexity index is 607. The third kappa shape index (κ3) is 2.66. The highest BCUT2D eigenvalue weighted by Crippen LogP contribution is 2.41. The summed E-state index contributed by atoms with van der Waals surface area (Å²) in [6.45, 7) is 1.50. The van der Waals surface area contributed by atoms with E-state index in [2.05, 4.69) is 22.3 Å². The van der Waals surface area contributed by atoms with Gasteiger partial charge in [-0.3, -0.25) is 0 Å². The van der Waals surface area contributed by atoms with Gasteiger partial charge in [0.15, 0.2) is 0 Å². The summed E-state index contributed by atoms with van der Waals surface area (Å²) in [5, 5.41) is 8.49. The van der Waals surface area contributed by atoms with Crippen LogP contribution in [0, 0.1) is 0 Å². The summed E-state index contributed by atoms with van der Waals surface area (Å²) in [5.74, 6) is 1.43. The molecule has 22 heavy (non-hydrogen) atoms. The number of rotatable bonds is 3. The molecular weight excluding hydrogens is 280 g/mol. The van der Waals surface area contributed by atoms with E-state index < -0.39 is 0 Å². The van der Waals surface area contributed by atoms with Crippen LogP contribution in [0.3, 0.4) is 0 Å². The van der Waals surface area contributed by atoms with Gasteiger partial charge in [0.25, 0.3) is 0 Å². The molecule has 5 heteroatoms. The van der Waals surface area contributed by atoms with Gasteiger partial charge in [-0.15, -0.1) is 10.2 Å². The van der Waals surface area contributed by atoms with E-state index in [4.69, 9.17) is 13.9 Å². The average molecular weight is 300 g/mol. The highest BCUT2D eigenvalue weighted by molar-refractivity contribution is 5.21. The summed E-state index contributed by atoms with van der Waals surface area (Å²) < 4.78 is 17.6. The third-order valence-electron chi connectivity index (χ3n) is 4.45. The van der Waals surface area contributed by atoms with E-state index in [1.165, 1.54) is 5.56 Å². The first kappa shape index (κ1) is 13.9. The zero-order chi connectivity index (χ0) is 14.8. The third-order valence-corrected chi connectivity index (χ3v) is 4.45. The van der Waals surface area contributed by atoms with Gasteiger partial charge >= 0.3 is 0 Å². The highest BCUT2D eigenvalue weighted by atomic mass is 16.5. The van der Waals surface area contributed by atoms with Crippen LogP contribution in [-0.4, -0.2) is 23.4 Å². The van der Waals surface area contributed by atoms with Crippen LogP contribution in [0.1, 0.15) is 61.2 Å². The Morgan fingerprint density at radius 3 is 2.55 bits per heavy atom. The van der Waals surface area contributed by atoms with E-state index in [1.54, 1.807) is 0 Å². The lowest BCUT2D eigenvalue weighted by Gasteiger charge is -2.19. The van der Waals surface area contributed by atoms with E-state index in [1.807, 2.05) is 18.2 Å². The summed E-state index contributed by atoms with van der Waals surface area (Å²) in [6, 6.07) is 10.3. The van der Waals surface area contributed by atoms with Gasteiger partial charge in [-0.25, -0.2) is 0 Å². The lowest BCUT2D eigenvalue weighted by atomic mass is 9.95. The molecule has 2 aromatic rings. The second-order valence-electron chi connectivity index (χ2n) is 5.93. The summed E-state index contributed by atoms with van der Waals surface area (Å²) in [5.41, 5.74) is 1.17. The maximum Gasteiger partial charge on any atom is 0.245 e. The largest absolute Gasteiger partial charge is 0.422 e. The molecule has 3 atom stereocenters. The molecule has 3 heterocycles. The topological polar surface area (TPSA) is 57.4 Å². The van der Waals surface area contributed by atoms with E-state index in [0.29, 0.717) is 11.8 Å². The van der Waals surface area contributed by atoms with E-state index in [0.717, 1.165) is 38.9 Å². The van der Waals surface area contributed by atoms with Crippen molar-refractivity contribution >= 4 is 0 Å². The first-order valence-electron chi connectivity index (χ1n) is 8.03. The quantitative estimate of drug-likeness (QED) is 0.867. The number of hydrogen-bond acceptors (Lipinski definition) is 5. The number of hydrogen-bond donors (Lipinski definition) is 0. The van der Waals surface area contributed by atoms with Crippen LogP contribution in [-0.2, 0) is 9.47 Å². The van der Waals surface area contributed by atoms with Crippen LogP contribution in [0.2, 0.25) is 0 Å². The smallest absolute Gasteiger partial charge is 0.245 e. The van der Waals surface area contributed by atoms with Crippen molar-refractivity contribution in [3.63, 3.8) is 0 Å². The molecule has 0 aliphatic carbocycles. The van der Waals surface area contributed by atoms with Gasteiger partial charge < -0.3 is 13.9 Å². The molecular formula is C17H20N2O3. The maximum absolute atomic E-state index is 5.93. The van der Waals surface area contributed by atoms with Crippen molar-refractivity contribution < 1.29 is 13.9 Å². The molecule has 0 amide bonds. The first-order valence-corrected chi connectivity index (χ1v) is 8.03. The molecule has 0 saturated carbocycles. The fourth-order valence-electron chi connectivity index (χ4n) is 3.28. The van der Waals surface area contributed by atoms with Crippen LogP contribution in [0.4, 0.5) is 0 Å². The molecule has 0 N–H and O–H groups in total. The molecule has 2 aliphatic rings. The van der Waals surface area contributed by atoms with Gasteiger partial charge in [-0.05, 0) is 31.2 Å². The average Bonchev–Trinajstić information content (AvgIpc) is 3.25. The van der Waals surface area contributed by atoms with Crippen LogP contribution in [0.5, 0.6) is 0 Å². The molecule has 2 saturated heterocycles. The SMILES string of the molecule is c1ccc([C@H]2OCC[C@@H]2c2nnc(C3CCCCO3)o2)cc1. The van der Waals surface area contributed by atoms with Gasteiger partial charge in [0.05, 0.1) is 12.0 Å². The maximum atomic E-state index is 5.93. The predicted octanol–water partition coefficient (Wildman–Crippen LogP) is 3.56. The Morgan fingerprint density at radius 1 is 0.864 bits per heavy atom. The molecule has 2 fully saturated rings. The Balaban J connectivity index is 1.55. The zero-order valence-electron chi connectivity index (χ0n) is 12.5. The minimum atomic E-state index is -0.0347. The molecule has 5 nitrogen and oxygen atoms in total. The highest BCUT2D eigenvalue weighted by Gasteiger charge is 2.35. The summed E-state index contributed by atoms with van der Waals surface area (Å²) in [7, 11) is 0. The number of benzene rings is 1. The molecule has 1 aromatic heterocycles. The lowest BCUT2D eigenvalue weighted by molar-refractivity contribution is -0.00263. The molecule has 0 spiro atoms. The molecule has 116 valence electrons. The van der Waals surface area contributed by atoms with Gasteiger partial charge in [0.2, 0.25) is 11.8 Å². The Morgan fingerprint density at radius 2 is 1.73 bits per heavy atom. The summed E-state index contributed by atoms with van der Waals surface area (Å²) in [6.07, 6.45) is 4.11. The Labute approximate surface area is 129 Å². The second kappa shape index (κ2) is 6.18. The van der Waals surface area contributed by atoms with Gasteiger partial charge in [0, 0.05) is 13.2 Å². The van der Waals surface area contributed by atoms with Crippen molar-refractivity contribution in [1.29, 1.82) is 0 Å². The van der Waals surface area contributed by atoms with Crippen molar-refractivity contribution in [1.82, 2.24) is 10.2 Å². The van der Waals surface area contributed by atoms with E-state index in [9.17, 15) is 0 Å². The van der Waals surface area contributed by atoms with Gasteiger partial charge in [0.1, 0.15) is 6.10 Å². The Kier molecular flexibility index (Phi) is 3.91. The molecule has 1 unspecified atom stereocenters. The molecule has 2 aliphatic heterocycles. The Hall–Kier alpha value is -1.72. The van der Waals surface area contributed by atoms with Crippen LogP contribution in [0.25, 0.3) is 0 Å². The molecule has 0 bridgehead atoms. The number of nitrogens with zero attached hydrogens (tertiary/aromatic N) is 2. The normalized spacial score (nSPS) is 28.8. The monoisotopic (exact) mass is 300 g/mol. The minimum absolute atomic E-state index is 0.00164. The van der Waals surface area contributed by atoms with E-state index in [-0.39, 0.29) is 18.1 Å². The fourth-order valence-corrected chi connectivity index (χ4v) is 3.28. The molecule has 1 aromatic carbocycles. The van der Waals surface area contributed by atoms with Gasteiger partial charge in [-0.1, -0.05) is 30.3 Å². The van der Waals surface area contributed by atoms with Crippen molar-refractivity contribution in [3.05, 3.63) is 47.7 Å². The lowest BCUT2D eigenvalue weighted by Crippen LogP contribution is -2.11. The molecule has 4 rings (SSSR count). The number of aromatic nitrogens is 2. The van der Waals surface area contributed by atoms with Crippen molar-refractivity contribution in [3.8, 4) is 0 Å². The van der Waals surface area contributed by atoms with Crippen LogP contribution in [0.15, 0.2) is 34.7 Å². The minimum Gasteiger partial charge on any atom is -0.422 e. The van der Waals surface area contributed by atoms with Crippen molar-refractivity contribution in [2.24, 2.45) is 0 Å². The van der Waals surface area contributed by atoms with Crippen LogP contribution >= 0.6 is 0 Å². The van der Waals surface area contributed by atoms with Crippen molar-refractivity contribution in [2.75, 3.05) is 13.2 Å². The number of ether oxygens (including phenoxy) is 2. The van der Waals surface area contributed by atoms with Crippen molar-refractivity contribution in [2.45, 2.75) is 43.8 Å². The van der Waals surface area contributed by atoms with Crippen LogP contribution < -0.4 is 0 Å². The summed E-state index contributed by atoms with van der Waals surface area (Å²) in [4.78, 5) is 0. The predicted molar refractivity (Wildman–Crippen MR) is 79.3 cm³/mol. The van der Waals surface area contributed by atoms with E-state index >= 15 is 0 Å². The zero-order valence-corrected chi connectivity index (χ0v) is 12.5. The summed E-state index contributed by atoms with van der Waals surface area (Å²) >= 11 is 0. The standard InChI is InChI=1S/C17H20N2O3/c1-2-6-12(7-3-1)15-13(9-11-21-15)16-18-19-17(22-16)14-8-4-5-10-20-14/h1-3,6-7,13-15H,4-5,8-11H2/t13-,14?,15+/m0/s1. The molecule has 0 radical (unpaired) electrons. The second-order valence-corrected chi connectivity index (χ2v) is 5.93. The van der Waals surface area contributed by atoms with Gasteiger partial charge in [-0.2, -0.15) is 0 Å².